The Labute approximate surface area is 433 Å². The first kappa shape index (κ1) is 60.3. The minimum Gasteiger partial charge on any atom is -0.462 e. The molecule has 412 valence electrons. The fourth-order valence-electron chi connectivity index (χ4n) is 12.6. The topological polar surface area (TPSA) is 227 Å². The molecule has 4 aliphatic rings. The largest absolute Gasteiger partial charge is 0.530 e. The monoisotopic (exact) mass is 1030 g/mol. The summed E-state index contributed by atoms with van der Waals surface area (Å²) in [5.41, 5.74) is 13.7. The lowest BCUT2D eigenvalue weighted by Gasteiger charge is -2.50. The van der Waals surface area contributed by atoms with Crippen molar-refractivity contribution >= 4 is 25.7 Å². The minimum absolute atomic E-state index is 0.0298. The third-order valence-corrected chi connectivity index (χ3v) is 18.4. The van der Waals surface area contributed by atoms with E-state index in [1.165, 1.54) is 101 Å². The first-order valence-electron chi connectivity index (χ1n) is 28.9. The molecule has 72 heavy (non-hydrogen) atoms. The van der Waals surface area contributed by atoms with Gasteiger partial charge < -0.3 is 40.8 Å². The molecule has 15 heteroatoms. The molecule has 0 aliphatic heterocycles. The van der Waals surface area contributed by atoms with Gasteiger partial charge in [-0.2, -0.15) is 0 Å². The van der Waals surface area contributed by atoms with E-state index in [4.69, 9.17) is 34.5 Å². The van der Waals surface area contributed by atoms with Crippen LogP contribution in [0.15, 0.2) is 18.2 Å². The molecule has 0 saturated heterocycles. The summed E-state index contributed by atoms with van der Waals surface area (Å²) in [5, 5.41) is 31.7. The van der Waals surface area contributed by atoms with E-state index in [9.17, 15) is 34.3 Å². The summed E-state index contributed by atoms with van der Waals surface area (Å²) in [6.45, 7) is 7.45. The fraction of sp³-hybridized carbons (Fsp3) is 0.842. The summed E-state index contributed by atoms with van der Waals surface area (Å²) >= 11 is 0. The summed E-state index contributed by atoms with van der Waals surface area (Å²) in [6.07, 6.45) is 24.9. The third kappa shape index (κ3) is 18.6. The maximum absolute atomic E-state index is 14.3. The van der Waals surface area contributed by atoms with Crippen LogP contribution in [0.5, 0.6) is 5.75 Å². The van der Waals surface area contributed by atoms with Gasteiger partial charge in [0.2, 0.25) is 5.91 Å². The Bertz CT molecular complexity index is 1790. The van der Waals surface area contributed by atoms with Gasteiger partial charge in [0, 0.05) is 24.3 Å². The molecule has 1 aromatic carbocycles. The van der Waals surface area contributed by atoms with E-state index in [0.29, 0.717) is 43.1 Å². The second-order valence-electron chi connectivity index (χ2n) is 22.3. The third-order valence-electron chi connectivity index (χ3n) is 16.9. The van der Waals surface area contributed by atoms with Crippen molar-refractivity contribution in [1.82, 2.24) is 0 Å². The molecular weight excluding hydrogens is 936 g/mol. The van der Waals surface area contributed by atoms with Crippen LogP contribution in [0.25, 0.3) is 0 Å². The highest BCUT2D eigenvalue weighted by atomic mass is 31.2. The fourth-order valence-corrected chi connectivity index (χ4v) is 13.8. The lowest BCUT2D eigenvalue weighted by molar-refractivity contribution is -0.163. The van der Waals surface area contributed by atoms with Crippen molar-refractivity contribution in [3.05, 3.63) is 29.3 Å². The van der Waals surface area contributed by atoms with E-state index in [1.54, 1.807) is 0 Å². The molecule has 0 bridgehead atoms. The molecule has 4 aliphatic carbocycles. The number of ether oxygens (including phenoxy) is 2. The van der Waals surface area contributed by atoms with Gasteiger partial charge in [-0.1, -0.05) is 142 Å². The molecule has 14 nitrogen and oxygen atoms in total. The van der Waals surface area contributed by atoms with E-state index in [0.717, 1.165) is 77.0 Å². The van der Waals surface area contributed by atoms with Crippen molar-refractivity contribution in [2.45, 2.75) is 269 Å². The molecule has 3 fully saturated rings. The van der Waals surface area contributed by atoms with Crippen molar-refractivity contribution in [2.24, 2.45) is 34.6 Å². The predicted molar refractivity (Wildman–Crippen MR) is 281 cm³/mol. The normalized spacial score (nSPS) is 26.8. The van der Waals surface area contributed by atoms with Crippen molar-refractivity contribution in [3.63, 3.8) is 0 Å². The Hall–Kier alpha value is -2.58. The highest BCUT2D eigenvalue weighted by Gasteiger charge is 2.56. The molecule has 0 heterocycles. The summed E-state index contributed by atoms with van der Waals surface area (Å²) in [5.74, 6) is -1.32. The average Bonchev–Trinajstić information content (AvgIpc) is 3.69. The summed E-state index contributed by atoms with van der Waals surface area (Å²) in [7, 11) is -3.84. The molecule has 0 aromatic heterocycles. The van der Waals surface area contributed by atoms with Crippen molar-refractivity contribution in [1.29, 1.82) is 0 Å². The average molecular weight is 1030 g/mol. The van der Waals surface area contributed by atoms with Gasteiger partial charge in [0.15, 0.2) is 0 Å². The van der Waals surface area contributed by atoms with E-state index in [-0.39, 0.29) is 43.6 Å². The van der Waals surface area contributed by atoms with Gasteiger partial charge in [0.05, 0.1) is 31.5 Å². The van der Waals surface area contributed by atoms with Crippen molar-refractivity contribution < 1.29 is 57.3 Å². The highest BCUT2D eigenvalue weighted by Crippen LogP contribution is 2.62. The number of unbranched alkanes of at least 4 members (excludes halogenated alkanes) is 18. The minimum atomic E-state index is -3.84. The SMILES string of the molecule is CCCCCCCCCCCCOP(=O)(OCCCCCCCCCCCC)Oc1ccc2c(c1)CCC1C2CCC2(C)C(OC(=O)CCC(O)C(O)CCC(=O)OC3CCC(N)C(O)C3C(N)=O)CCC12. The zero-order valence-electron chi connectivity index (χ0n) is 44.7. The second-order valence-corrected chi connectivity index (χ2v) is 23.9. The number of carbonyl (C=O) groups excluding carboxylic acids is 3. The number of aliphatic hydroxyl groups is 3. The zero-order chi connectivity index (χ0) is 51.9. The second kappa shape index (κ2) is 31.5. The van der Waals surface area contributed by atoms with Gasteiger partial charge in [-0.15, -0.1) is 0 Å². The molecule has 11 atom stereocenters. The summed E-state index contributed by atoms with van der Waals surface area (Å²) < 4.78 is 44.1. The number of benzene rings is 1. The Morgan fingerprint density at radius 1 is 0.708 bits per heavy atom. The highest BCUT2D eigenvalue weighted by molar-refractivity contribution is 7.48. The molecule has 1 aromatic rings. The van der Waals surface area contributed by atoms with Crippen LogP contribution in [-0.2, 0) is 43.9 Å². The number of hydrogen-bond donors (Lipinski definition) is 5. The maximum atomic E-state index is 14.3. The smallest absolute Gasteiger partial charge is 0.462 e. The van der Waals surface area contributed by atoms with E-state index in [1.807, 2.05) is 6.07 Å². The number of hydrogen-bond acceptors (Lipinski definition) is 13. The molecular formula is C57H97N2O12P. The molecule has 11 unspecified atom stereocenters. The van der Waals surface area contributed by atoms with Crippen LogP contribution in [0.1, 0.15) is 237 Å². The number of aryl methyl sites for hydroxylation is 1. The quantitative estimate of drug-likeness (QED) is 0.0240. The van der Waals surface area contributed by atoms with Gasteiger partial charge in [-0.25, -0.2) is 4.57 Å². The Morgan fingerprint density at radius 2 is 1.24 bits per heavy atom. The molecule has 0 spiro atoms. The molecule has 0 radical (unpaired) electrons. The first-order valence-corrected chi connectivity index (χ1v) is 30.3. The molecule has 5 rings (SSSR count). The zero-order valence-corrected chi connectivity index (χ0v) is 45.6. The van der Waals surface area contributed by atoms with Gasteiger partial charge >= 0.3 is 19.8 Å². The van der Waals surface area contributed by atoms with Gasteiger partial charge in [-0.3, -0.25) is 23.4 Å². The number of rotatable bonds is 36. The predicted octanol–water partition coefficient (Wildman–Crippen LogP) is 11.6. The number of primary amides is 1. The number of aliphatic hydroxyl groups excluding tert-OH is 3. The van der Waals surface area contributed by atoms with Crippen LogP contribution in [0.3, 0.4) is 0 Å². The van der Waals surface area contributed by atoms with Crippen LogP contribution >= 0.6 is 7.82 Å². The molecule has 7 N–H and O–H groups in total. The van der Waals surface area contributed by atoms with Gasteiger partial charge in [0.1, 0.15) is 23.9 Å². The van der Waals surface area contributed by atoms with Crippen LogP contribution < -0.4 is 16.0 Å². The van der Waals surface area contributed by atoms with Crippen molar-refractivity contribution in [3.8, 4) is 5.75 Å². The van der Waals surface area contributed by atoms with E-state index < -0.39 is 62.0 Å². The number of esters is 2. The maximum Gasteiger partial charge on any atom is 0.530 e. The Kier molecular flexibility index (Phi) is 26.3. The van der Waals surface area contributed by atoms with Crippen LogP contribution in [-0.4, -0.2) is 82.9 Å². The Balaban J connectivity index is 1.07. The lowest BCUT2D eigenvalue weighted by atomic mass is 9.55. The number of amides is 1. The Morgan fingerprint density at radius 3 is 1.78 bits per heavy atom. The van der Waals surface area contributed by atoms with Gasteiger partial charge in [0.25, 0.3) is 0 Å². The number of phosphoric ester groups is 1. The summed E-state index contributed by atoms with van der Waals surface area (Å²) in [6, 6.07) is 5.50. The van der Waals surface area contributed by atoms with E-state index in [2.05, 4.69) is 32.9 Å². The van der Waals surface area contributed by atoms with E-state index >= 15 is 0 Å². The lowest BCUT2D eigenvalue weighted by Crippen LogP contribution is -2.55. The van der Waals surface area contributed by atoms with Crippen LogP contribution in [0, 0.1) is 23.2 Å². The van der Waals surface area contributed by atoms with Crippen molar-refractivity contribution in [2.75, 3.05) is 13.2 Å². The molecule has 1 amide bonds. The molecule has 3 saturated carbocycles. The first-order chi connectivity index (χ1) is 34.7. The summed E-state index contributed by atoms with van der Waals surface area (Å²) in [4.78, 5) is 37.8. The van der Waals surface area contributed by atoms with Crippen LogP contribution in [0.2, 0.25) is 0 Å². The number of fused-ring (bicyclic) bond motifs is 5. The number of nitrogens with two attached hydrogens (primary N) is 2. The van der Waals surface area contributed by atoms with Crippen LogP contribution in [0.4, 0.5) is 0 Å². The van der Waals surface area contributed by atoms with Gasteiger partial charge in [-0.05, 0) is 118 Å². The number of carbonyl (C=O) groups is 3. The standard InChI is InChI=1S/C57H97N2O12P/c1-4-6-8-10-12-14-16-18-20-22-38-67-72(66,68-39-23-21-19-17-15-13-11-9-7-5-2)71-42-25-27-43-41(40-42)24-26-45-44(43)36-37-57(3)46(45)28-33-51(57)70-53(63)35-31-49(61)48(60)30-34-52(62)69-50-32-29-47(58)55(64)54(50)56(59)65/h25,27,40,44-51,54-55,60-61,64H,4-24,26,28-39,58H2,1-3H3,(H2,59,65). The number of phosphoric acid groups is 1.